The van der Waals surface area contributed by atoms with Crippen LogP contribution in [0.4, 0.5) is 5.82 Å². The van der Waals surface area contributed by atoms with Gasteiger partial charge in [0.25, 0.3) is 0 Å². The van der Waals surface area contributed by atoms with E-state index in [-0.39, 0.29) is 16.6 Å². The van der Waals surface area contributed by atoms with Gasteiger partial charge in [-0.15, -0.1) is 0 Å². The Morgan fingerprint density at radius 2 is 2.41 bits per heavy atom. The average molecular weight is 275 g/mol. The normalized spacial score (nSPS) is 12.2. The molecular formula is C11H15ClN2O2S. The van der Waals surface area contributed by atoms with Crippen LogP contribution in [0.15, 0.2) is 12.3 Å². The third-order valence-corrected chi connectivity index (χ3v) is 3.18. The Bertz CT molecular complexity index is 401. The highest BCUT2D eigenvalue weighted by atomic mass is 35.5. The predicted molar refractivity (Wildman–Crippen MR) is 72.3 cm³/mol. The second kappa shape index (κ2) is 6.71. The Balaban J connectivity index is 2.72. The number of carboxylic acids is 1. The summed E-state index contributed by atoms with van der Waals surface area (Å²) in [7, 11) is 0. The Morgan fingerprint density at radius 1 is 1.71 bits per heavy atom. The number of hydrogen-bond acceptors (Lipinski definition) is 4. The molecule has 1 aromatic heterocycles. The van der Waals surface area contributed by atoms with Crippen molar-refractivity contribution in [1.82, 2.24) is 4.98 Å². The van der Waals surface area contributed by atoms with Gasteiger partial charge in [-0.1, -0.05) is 11.6 Å². The summed E-state index contributed by atoms with van der Waals surface area (Å²) in [5.74, 6) is 0.547. The number of rotatable bonds is 6. The van der Waals surface area contributed by atoms with Gasteiger partial charge in [-0.25, -0.2) is 9.78 Å². The topological polar surface area (TPSA) is 62.2 Å². The monoisotopic (exact) mass is 274 g/mol. The molecule has 0 saturated carbocycles. The van der Waals surface area contributed by atoms with Gasteiger partial charge < -0.3 is 10.4 Å². The number of aromatic nitrogens is 1. The Hall–Kier alpha value is -0.940. The van der Waals surface area contributed by atoms with Gasteiger partial charge in [0, 0.05) is 12.2 Å². The van der Waals surface area contributed by atoms with Crippen LogP contribution in [0.25, 0.3) is 0 Å². The fourth-order valence-electron chi connectivity index (χ4n) is 1.30. The molecule has 0 fully saturated rings. The largest absolute Gasteiger partial charge is 0.478 e. The minimum atomic E-state index is -1.04. The number of carboxylic acid groups (broad SMARTS) is 1. The summed E-state index contributed by atoms with van der Waals surface area (Å²) >= 11 is 7.51. The molecule has 0 bridgehead atoms. The number of nitrogens with one attached hydrogen (secondary N) is 1. The fourth-order valence-corrected chi connectivity index (χ4v) is 2.07. The molecule has 0 saturated heterocycles. The van der Waals surface area contributed by atoms with Crippen LogP contribution < -0.4 is 5.32 Å². The molecule has 0 aliphatic rings. The van der Waals surface area contributed by atoms with E-state index in [1.807, 2.05) is 6.92 Å². The Morgan fingerprint density at radius 3 is 3.00 bits per heavy atom. The highest BCUT2D eigenvalue weighted by Gasteiger charge is 2.11. The van der Waals surface area contributed by atoms with Crippen LogP contribution in [0.1, 0.15) is 23.7 Å². The lowest BCUT2D eigenvalue weighted by molar-refractivity contribution is 0.0697. The number of pyridine rings is 1. The molecule has 2 N–H and O–H groups in total. The zero-order valence-corrected chi connectivity index (χ0v) is 11.3. The average Bonchev–Trinajstić information content (AvgIpc) is 2.28. The number of hydrogen-bond donors (Lipinski definition) is 2. The maximum absolute atomic E-state index is 10.9. The molecule has 0 aromatic carbocycles. The van der Waals surface area contributed by atoms with E-state index in [0.717, 1.165) is 12.2 Å². The van der Waals surface area contributed by atoms with E-state index in [0.29, 0.717) is 5.82 Å². The fraction of sp³-hybridized carbons (Fsp3) is 0.455. The second-order valence-corrected chi connectivity index (χ2v) is 5.07. The van der Waals surface area contributed by atoms with Crippen molar-refractivity contribution in [2.24, 2.45) is 0 Å². The van der Waals surface area contributed by atoms with Crippen LogP contribution in [0.5, 0.6) is 0 Å². The van der Waals surface area contributed by atoms with Gasteiger partial charge in [0.1, 0.15) is 5.82 Å². The summed E-state index contributed by atoms with van der Waals surface area (Å²) in [4.78, 5) is 14.9. The van der Waals surface area contributed by atoms with Gasteiger partial charge in [0.05, 0.1) is 10.6 Å². The van der Waals surface area contributed by atoms with Gasteiger partial charge in [0.2, 0.25) is 0 Å². The molecule has 94 valence electrons. The van der Waals surface area contributed by atoms with Crippen LogP contribution in [0.2, 0.25) is 5.02 Å². The molecule has 1 unspecified atom stereocenters. The van der Waals surface area contributed by atoms with E-state index < -0.39 is 5.97 Å². The first-order valence-corrected chi connectivity index (χ1v) is 6.96. The van der Waals surface area contributed by atoms with E-state index in [1.54, 1.807) is 11.8 Å². The quantitative estimate of drug-likeness (QED) is 0.835. The number of aromatic carboxylic acids is 1. The summed E-state index contributed by atoms with van der Waals surface area (Å²) in [5, 5.41) is 12.2. The van der Waals surface area contributed by atoms with Gasteiger partial charge >= 0.3 is 5.97 Å². The molecule has 1 atom stereocenters. The van der Waals surface area contributed by atoms with E-state index in [9.17, 15) is 4.79 Å². The summed E-state index contributed by atoms with van der Waals surface area (Å²) in [6.45, 7) is 2.03. The molecule has 0 aliphatic heterocycles. The van der Waals surface area contributed by atoms with Crippen molar-refractivity contribution in [3.63, 3.8) is 0 Å². The molecule has 6 heteroatoms. The van der Waals surface area contributed by atoms with Crippen molar-refractivity contribution >= 4 is 35.1 Å². The van der Waals surface area contributed by atoms with E-state index in [1.165, 1.54) is 12.3 Å². The highest BCUT2D eigenvalue weighted by Crippen LogP contribution is 2.18. The van der Waals surface area contributed by atoms with Crippen LogP contribution in [-0.2, 0) is 0 Å². The highest BCUT2D eigenvalue weighted by molar-refractivity contribution is 7.98. The maximum Gasteiger partial charge on any atom is 0.337 e. The molecule has 1 heterocycles. The first-order chi connectivity index (χ1) is 8.04. The molecule has 0 aliphatic carbocycles. The third kappa shape index (κ3) is 4.44. The van der Waals surface area contributed by atoms with Crippen LogP contribution in [0, 0.1) is 0 Å². The summed E-state index contributed by atoms with van der Waals surface area (Å²) in [5.41, 5.74) is 0.0706. The lowest BCUT2D eigenvalue weighted by Crippen LogP contribution is -2.17. The van der Waals surface area contributed by atoms with Gasteiger partial charge in [-0.3, -0.25) is 0 Å². The number of carbonyl (C=O) groups is 1. The van der Waals surface area contributed by atoms with Crippen molar-refractivity contribution in [2.45, 2.75) is 19.4 Å². The first kappa shape index (κ1) is 14.1. The molecule has 0 spiro atoms. The lowest BCUT2D eigenvalue weighted by atomic mass is 10.2. The molecule has 1 aromatic rings. The van der Waals surface area contributed by atoms with Crippen molar-refractivity contribution in [2.75, 3.05) is 17.3 Å². The Labute approximate surface area is 110 Å². The minimum Gasteiger partial charge on any atom is -0.478 e. The third-order valence-electron chi connectivity index (χ3n) is 2.24. The zero-order chi connectivity index (χ0) is 12.8. The second-order valence-electron chi connectivity index (χ2n) is 3.68. The lowest BCUT2D eigenvalue weighted by Gasteiger charge is -2.14. The molecular weight excluding hydrogens is 260 g/mol. The van der Waals surface area contributed by atoms with Crippen LogP contribution >= 0.6 is 23.4 Å². The Kier molecular flexibility index (Phi) is 5.58. The number of thioether (sulfide) groups is 1. The minimum absolute atomic E-state index is 0.0706. The SMILES string of the molecule is CSCCC(C)Nc1cc(C(=O)O)c(Cl)cn1. The van der Waals surface area contributed by atoms with Gasteiger partial charge in [-0.2, -0.15) is 11.8 Å². The molecule has 17 heavy (non-hydrogen) atoms. The first-order valence-electron chi connectivity index (χ1n) is 5.19. The molecule has 0 radical (unpaired) electrons. The van der Waals surface area contributed by atoms with Gasteiger partial charge in [0.15, 0.2) is 0 Å². The van der Waals surface area contributed by atoms with Crippen molar-refractivity contribution in [1.29, 1.82) is 0 Å². The number of nitrogens with zero attached hydrogens (tertiary/aromatic N) is 1. The van der Waals surface area contributed by atoms with Crippen LogP contribution in [-0.4, -0.2) is 34.1 Å². The molecule has 4 nitrogen and oxygen atoms in total. The maximum atomic E-state index is 10.9. The summed E-state index contributed by atoms with van der Waals surface area (Å²) in [6, 6.07) is 1.71. The zero-order valence-electron chi connectivity index (χ0n) is 9.74. The van der Waals surface area contributed by atoms with E-state index in [2.05, 4.69) is 16.6 Å². The standard InChI is InChI=1S/C11H15ClN2O2S/c1-7(3-4-17-2)14-10-5-8(11(15)16)9(12)6-13-10/h5-7H,3-4H2,1-2H3,(H,13,14)(H,15,16). The molecule has 0 amide bonds. The summed E-state index contributed by atoms with van der Waals surface area (Å²) < 4.78 is 0. The van der Waals surface area contributed by atoms with Crippen molar-refractivity contribution < 1.29 is 9.90 Å². The summed E-state index contributed by atoms with van der Waals surface area (Å²) in [6.07, 6.45) is 4.40. The number of anilines is 1. The van der Waals surface area contributed by atoms with Gasteiger partial charge in [-0.05, 0) is 31.4 Å². The van der Waals surface area contributed by atoms with Crippen molar-refractivity contribution in [3.05, 3.63) is 22.8 Å². The predicted octanol–water partition coefficient (Wildman–Crippen LogP) is 2.99. The smallest absolute Gasteiger partial charge is 0.337 e. The van der Waals surface area contributed by atoms with E-state index >= 15 is 0 Å². The molecule has 1 rings (SSSR count). The van der Waals surface area contributed by atoms with Crippen molar-refractivity contribution in [3.8, 4) is 0 Å². The van der Waals surface area contributed by atoms with Crippen LogP contribution in [0.3, 0.4) is 0 Å². The van der Waals surface area contributed by atoms with E-state index in [4.69, 9.17) is 16.7 Å². The number of halogens is 1.